The largest absolute Gasteiger partial charge is 0.508 e. The van der Waals surface area contributed by atoms with Gasteiger partial charge < -0.3 is 15.6 Å². The molecule has 0 bridgehead atoms. The molecule has 1 amide bonds. The number of nitrogen functional groups attached to an aromatic ring is 1. The third-order valence-electron chi connectivity index (χ3n) is 4.43. The van der Waals surface area contributed by atoms with Gasteiger partial charge in [-0.05, 0) is 58.7 Å². The van der Waals surface area contributed by atoms with E-state index in [9.17, 15) is 9.90 Å². The fourth-order valence-corrected chi connectivity index (χ4v) is 2.93. The van der Waals surface area contributed by atoms with Crippen molar-refractivity contribution >= 4 is 17.9 Å². The van der Waals surface area contributed by atoms with Gasteiger partial charge in [0.1, 0.15) is 17.2 Å². The molecule has 0 aliphatic carbocycles. The van der Waals surface area contributed by atoms with E-state index in [1.54, 1.807) is 36.4 Å². The average molecular weight is 448 g/mol. The minimum Gasteiger partial charge on any atom is -0.508 e. The molecule has 0 spiro atoms. The molecule has 0 atom stereocenters. The number of anilines is 1. The zero-order valence-electron chi connectivity index (χ0n) is 17.5. The second-order valence-electron chi connectivity index (χ2n) is 6.84. The summed E-state index contributed by atoms with van der Waals surface area (Å²) in [5, 5.41) is 28.8. The van der Waals surface area contributed by atoms with Gasteiger partial charge in [0.05, 0.1) is 12.8 Å². The van der Waals surface area contributed by atoms with Gasteiger partial charge in [-0.25, -0.2) is 10.1 Å². The van der Waals surface area contributed by atoms with Crippen LogP contribution in [-0.4, -0.2) is 49.1 Å². The third-order valence-corrected chi connectivity index (χ3v) is 4.43. The van der Waals surface area contributed by atoms with E-state index >= 15 is 0 Å². The van der Waals surface area contributed by atoms with Crippen molar-refractivity contribution < 1.29 is 19.3 Å². The molecular formula is C21H20N8O4. The highest BCUT2D eigenvalue weighted by Crippen LogP contribution is 2.28. The molecule has 2 aromatic carbocycles. The van der Waals surface area contributed by atoms with E-state index < -0.39 is 5.91 Å². The van der Waals surface area contributed by atoms with E-state index in [0.29, 0.717) is 29.2 Å². The van der Waals surface area contributed by atoms with Gasteiger partial charge in [-0.15, -0.1) is 5.10 Å². The fourth-order valence-electron chi connectivity index (χ4n) is 2.93. The molecule has 0 fully saturated rings. The molecule has 0 saturated carbocycles. The summed E-state index contributed by atoms with van der Waals surface area (Å²) < 4.78 is 11.6. The van der Waals surface area contributed by atoms with Crippen molar-refractivity contribution in [3.63, 3.8) is 0 Å². The highest BCUT2D eigenvalue weighted by molar-refractivity contribution is 5.98. The number of hydrazone groups is 1. The minimum absolute atomic E-state index is 0.0158. The molecular weight excluding hydrogens is 428 g/mol. The molecule has 0 aliphatic heterocycles. The lowest BCUT2D eigenvalue weighted by Crippen LogP contribution is -2.19. The molecule has 0 saturated heterocycles. The molecule has 4 rings (SSSR count). The van der Waals surface area contributed by atoms with Crippen LogP contribution in [0.25, 0.3) is 17.1 Å². The minimum atomic E-state index is -0.617. The first-order valence-corrected chi connectivity index (χ1v) is 9.96. The maximum atomic E-state index is 12.9. The molecule has 2 heterocycles. The zero-order chi connectivity index (χ0) is 23.2. The van der Waals surface area contributed by atoms with Crippen molar-refractivity contribution in [3.05, 3.63) is 59.8 Å². The number of hydrogen-bond acceptors (Lipinski definition) is 10. The normalized spacial score (nSPS) is 11.1. The Labute approximate surface area is 187 Å². The predicted molar refractivity (Wildman–Crippen MR) is 118 cm³/mol. The molecule has 0 radical (unpaired) electrons. The Bertz CT molecular complexity index is 1280. The molecule has 168 valence electrons. The van der Waals surface area contributed by atoms with Gasteiger partial charge in [-0.2, -0.15) is 9.78 Å². The first-order chi connectivity index (χ1) is 16.1. The molecule has 4 N–H and O–H groups in total. The standard InChI is InChI=1S/C21H20N8O4/c1-2-10-32-16-8-6-14(7-9-16)18-17(24-28-29(18)20-19(22)26-33-27-20)21(31)25-23-12-13-4-3-5-15(30)11-13/h3-9,11-12,30H,2,10H2,1H3,(H2,22,26)(H,25,31). The molecule has 33 heavy (non-hydrogen) atoms. The zero-order valence-corrected chi connectivity index (χ0v) is 17.5. The van der Waals surface area contributed by atoms with Crippen LogP contribution in [0.15, 0.2) is 58.3 Å². The van der Waals surface area contributed by atoms with E-state index in [1.807, 2.05) is 6.92 Å². The summed E-state index contributed by atoms with van der Waals surface area (Å²) in [6.45, 7) is 2.60. The van der Waals surface area contributed by atoms with E-state index in [1.165, 1.54) is 23.0 Å². The van der Waals surface area contributed by atoms with Crippen LogP contribution in [0.3, 0.4) is 0 Å². The van der Waals surface area contributed by atoms with Crippen LogP contribution < -0.4 is 15.9 Å². The van der Waals surface area contributed by atoms with Gasteiger partial charge in [0.2, 0.25) is 11.6 Å². The lowest BCUT2D eigenvalue weighted by atomic mass is 10.1. The van der Waals surface area contributed by atoms with Crippen molar-refractivity contribution in [2.75, 3.05) is 12.3 Å². The van der Waals surface area contributed by atoms with Gasteiger partial charge in [-0.3, -0.25) is 4.79 Å². The monoisotopic (exact) mass is 448 g/mol. The number of nitrogens with two attached hydrogens (primary N) is 1. The Morgan fingerprint density at radius 1 is 1.27 bits per heavy atom. The molecule has 4 aromatic rings. The Hall–Kier alpha value is -4.74. The summed E-state index contributed by atoms with van der Waals surface area (Å²) in [7, 11) is 0. The first-order valence-electron chi connectivity index (χ1n) is 9.96. The quantitative estimate of drug-likeness (QED) is 0.270. The van der Waals surface area contributed by atoms with Gasteiger partial charge in [-0.1, -0.05) is 24.3 Å². The summed E-state index contributed by atoms with van der Waals surface area (Å²) in [6.07, 6.45) is 2.27. The number of nitrogens with one attached hydrogen (secondary N) is 1. The van der Waals surface area contributed by atoms with Gasteiger partial charge in [0, 0.05) is 5.56 Å². The van der Waals surface area contributed by atoms with Gasteiger partial charge in [0.25, 0.3) is 5.91 Å². The Morgan fingerprint density at radius 3 is 2.79 bits per heavy atom. The van der Waals surface area contributed by atoms with Crippen LogP contribution >= 0.6 is 0 Å². The number of benzene rings is 2. The van der Waals surface area contributed by atoms with Crippen molar-refractivity contribution in [2.45, 2.75) is 13.3 Å². The van der Waals surface area contributed by atoms with Crippen molar-refractivity contribution in [1.82, 2.24) is 30.7 Å². The van der Waals surface area contributed by atoms with E-state index in [4.69, 9.17) is 10.5 Å². The number of aromatic nitrogens is 5. The Morgan fingerprint density at radius 2 is 2.09 bits per heavy atom. The Kier molecular flexibility index (Phi) is 6.25. The number of hydrogen-bond donors (Lipinski definition) is 3. The molecule has 0 unspecified atom stereocenters. The van der Waals surface area contributed by atoms with Crippen LogP contribution in [0, 0.1) is 0 Å². The summed E-state index contributed by atoms with van der Waals surface area (Å²) in [5.41, 5.74) is 9.72. The average Bonchev–Trinajstić information content (AvgIpc) is 3.44. The van der Waals surface area contributed by atoms with Gasteiger partial charge >= 0.3 is 0 Å². The second kappa shape index (κ2) is 9.60. The first kappa shape index (κ1) is 21.5. The number of carbonyl (C=O) groups excluding carboxylic acids is 1. The summed E-state index contributed by atoms with van der Waals surface area (Å²) in [5.74, 6) is 0.225. The lowest BCUT2D eigenvalue weighted by Gasteiger charge is -2.08. The molecule has 0 aliphatic rings. The number of amides is 1. The van der Waals surface area contributed by atoms with Crippen LogP contribution in [0.5, 0.6) is 11.5 Å². The number of phenols is 1. The maximum Gasteiger partial charge on any atom is 0.294 e. The summed E-state index contributed by atoms with van der Waals surface area (Å²) in [4.78, 5) is 12.9. The van der Waals surface area contributed by atoms with Crippen LogP contribution in [0.2, 0.25) is 0 Å². The number of aromatic hydroxyl groups is 1. The fraction of sp³-hybridized carbons (Fsp3) is 0.143. The number of ether oxygens (including phenoxy) is 1. The van der Waals surface area contributed by atoms with Gasteiger partial charge in [0.15, 0.2) is 5.69 Å². The number of rotatable bonds is 8. The molecule has 12 nitrogen and oxygen atoms in total. The van der Waals surface area contributed by atoms with E-state index in [-0.39, 0.29) is 23.1 Å². The maximum absolute atomic E-state index is 12.9. The van der Waals surface area contributed by atoms with Crippen molar-refractivity contribution in [2.24, 2.45) is 5.10 Å². The van der Waals surface area contributed by atoms with Crippen LogP contribution in [0.4, 0.5) is 5.82 Å². The second-order valence-corrected chi connectivity index (χ2v) is 6.84. The van der Waals surface area contributed by atoms with E-state index in [0.717, 1.165) is 6.42 Å². The SMILES string of the molecule is CCCOc1ccc(-c2c(C(=O)NN=Cc3cccc(O)c3)nnn2-c2nonc2N)cc1. The number of nitrogens with zero attached hydrogens (tertiary/aromatic N) is 6. The molecule has 12 heteroatoms. The third kappa shape index (κ3) is 4.79. The van der Waals surface area contributed by atoms with Crippen molar-refractivity contribution in [1.29, 1.82) is 0 Å². The van der Waals surface area contributed by atoms with E-state index in [2.05, 4.69) is 35.8 Å². The Balaban J connectivity index is 1.66. The topological polar surface area (TPSA) is 167 Å². The smallest absolute Gasteiger partial charge is 0.294 e. The lowest BCUT2D eigenvalue weighted by molar-refractivity contribution is 0.0950. The number of phenolic OH excluding ortho intramolecular Hbond substituents is 1. The molecule has 2 aromatic heterocycles. The summed E-state index contributed by atoms with van der Waals surface area (Å²) in [6, 6.07) is 13.5. The predicted octanol–water partition coefficient (Wildman–Crippen LogP) is 2.16. The highest BCUT2D eigenvalue weighted by atomic mass is 16.6. The highest BCUT2D eigenvalue weighted by Gasteiger charge is 2.25. The van der Waals surface area contributed by atoms with Crippen LogP contribution in [-0.2, 0) is 0 Å². The number of carbonyl (C=O) groups is 1. The summed E-state index contributed by atoms with van der Waals surface area (Å²) >= 11 is 0. The van der Waals surface area contributed by atoms with Crippen LogP contribution in [0.1, 0.15) is 29.4 Å². The van der Waals surface area contributed by atoms with Crippen molar-refractivity contribution in [3.8, 4) is 28.6 Å².